The molecule has 1 saturated carbocycles. The number of ketones is 1. The number of benzene rings is 2. The third kappa shape index (κ3) is 5.35. The quantitative estimate of drug-likeness (QED) is 0.335. The first kappa shape index (κ1) is 27.1. The van der Waals surface area contributed by atoms with E-state index >= 15 is 0 Å². The van der Waals surface area contributed by atoms with Gasteiger partial charge in [0.2, 0.25) is 0 Å². The molecule has 6 heteroatoms. The second-order valence-corrected chi connectivity index (χ2v) is 11.7. The van der Waals surface area contributed by atoms with Gasteiger partial charge in [0.05, 0.1) is 28.4 Å². The fraction of sp³-hybridized carbons (Fsp3) is 0.424. The Bertz CT molecular complexity index is 1340. The van der Waals surface area contributed by atoms with Gasteiger partial charge in [0.1, 0.15) is 11.4 Å². The molecule has 2 atom stereocenters. The molecular weight excluding hydrogens is 488 g/mol. The van der Waals surface area contributed by atoms with Crippen LogP contribution in [-0.2, 0) is 20.5 Å². The number of pyridine rings is 1. The summed E-state index contributed by atoms with van der Waals surface area (Å²) in [4.78, 5) is 32.5. The maximum Gasteiger partial charge on any atom is 0.411 e. The minimum Gasteiger partial charge on any atom is -0.438 e. The van der Waals surface area contributed by atoms with E-state index in [2.05, 4.69) is 0 Å². The van der Waals surface area contributed by atoms with Crippen LogP contribution in [0.25, 0.3) is 11.3 Å². The molecule has 1 aliphatic carbocycles. The fourth-order valence-electron chi connectivity index (χ4n) is 6.01. The van der Waals surface area contributed by atoms with Crippen LogP contribution in [0.1, 0.15) is 82.7 Å². The van der Waals surface area contributed by atoms with Crippen molar-refractivity contribution >= 4 is 11.9 Å². The van der Waals surface area contributed by atoms with E-state index in [4.69, 9.17) is 9.72 Å². The molecule has 39 heavy (non-hydrogen) atoms. The number of carbonyl (C=O) groups is 2. The molecule has 6 nitrogen and oxygen atoms in total. The number of aliphatic hydroxyl groups is 1. The topological polar surface area (TPSA) is 79.7 Å². The lowest BCUT2D eigenvalue weighted by atomic mass is 9.80. The van der Waals surface area contributed by atoms with Crippen molar-refractivity contribution in [2.45, 2.75) is 82.5 Å². The summed E-state index contributed by atoms with van der Waals surface area (Å²) in [7, 11) is 0. The van der Waals surface area contributed by atoms with Crippen molar-refractivity contribution in [3.8, 4) is 11.3 Å². The van der Waals surface area contributed by atoms with Gasteiger partial charge < -0.3 is 14.7 Å². The summed E-state index contributed by atoms with van der Waals surface area (Å²) in [5.41, 5.74) is 2.34. The van der Waals surface area contributed by atoms with Crippen LogP contribution in [0, 0.1) is 0 Å². The van der Waals surface area contributed by atoms with E-state index in [-0.39, 0.29) is 17.9 Å². The number of amides is 1. The second kappa shape index (κ2) is 10.2. The Kier molecular flexibility index (Phi) is 7.10. The molecule has 2 heterocycles. The zero-order valence-electron chi connectivity index (χ0n) is 23.3. The highest BCUT2D eigenvalue weighted by Crippen LogP contribution is 2.49. The number of hydrogen-bond donors (Lipinski definition) is 1. The van der Waals surface area contributed by atoms with Crippen LogP contribution in [0.3, 0.4) is 0 Å². The van der Waals surface area contributed by atoms with Crippen molar-refractivity contribution in [2.75, 3.05) is 6.54 Å². The second-order valence-electron chi connectivity index (χ2n) is 11.7. The van der Waals surface area contributed by atoms with E-state index in [1.54, 1.807) is 18.7 Å². The molecule has 1 saturated heterocycles. The molecule has 2 aromatic carbocycles. The highest BCUT2D eigenvalue weighted by atomic mass is 16.6. The van der Waals surface area contributed by atoms with Gasteiger partial charge in [-0.3, -0.25) is 9.78 Å². The normalized spacial score (nSPS) is 21.3. The first-order valence-electron chi connectivity index (χ1n) is 14.0. The summed E-state index contributed by atoms with van der Waals surface area (Å²) in [6, 6.07) is 23.6. The third-order valence-corrected chi connectivity index (χ3v) is 8.29. The number of carbonyl (C=O) groups excluding carboxylic acids is 2. The molecule has 1 aromatic heterocycles. The van der Waals surface area contributed by atoms with Crippen LogP contribution in [0.4, 0.5) is 4.79 Å². The van der Waals surface area contributed by atoms with Crippen molar-refractivity contribution in [1.29, 1.82) is 0 Å². The predicted octanol–water partition coefficient (Wildman–Crippen LogP) is 6.72. The molecule has 1 aliphatic heterocycles. The standard InChI is InChI=1S/C33H38N2O4/c1-5-29(36)32(18-19-32)28-13-9-12-27(34-28)25-16-14-24(15-17-25)23(2)35-21-20-33(39-30(35)37,22-31(3,4)38)26-10-7-6-8-11-26/h6-17,23,38H,5,18-22H2,1-4H3/t23-,33-/m0/s1. The molecule has 3 aromatic rings. The van der Waals surface area contributed by atoms with E-state index in [1.165, 1.54) is 0 Å². The Hall–Kier alpha value is -3.51. The number of nitrogens with zero attached hydrogens (tertiary/aromatic N) is 2. The molecule has 0 unspecified atom stereocenters. The Morgan fingerprint density at radius 1 is 1.03 bits per heavy atom. The van der Waals surface area contributed by atoms with Gasteiger partial charge in [-0.2, -0.15) is 0 Å². The van der Waals surface area contributed by atoms with Crippen molar-refractivity contribution in [3.05, 3.63) is 89.6 Å². The van der Waals surface area contributed by atoms with Crippen LogP contribution in [0.5, 0.6) is 0 Å². The summed E-state index contributed by atoms with van der Waals surface area (Å²) in [5.74, 6) is 0.267. The van der Waals surface area contributed by atoms with Crippen LogP contribution in [0.2, 0.25) is 0 Å². The summed E-state index contributed by atoms with van der Waals surface area (Å²) in [5, 5.41) is 10.6. The molecule has 2 fully saturated rings. The summed E-state index contributed by atoms with van der Waals surface area (Å²) in [6.45, 7) is 7.94. The lowest BCUT2D eigenvalue weighted by Gasteiger charge is -2.45. The van der Waals surface area contributed by atoms with E-state index < -0.39 is 16.6 Å². The van der Waals surface area contributed by atoms with Gasteiger partial charge in [0, 0.05) is 31.4 Å². The zero-order valence-corrected chi connectivity index (χ0v) is 23.3. The number of rotatable bonds is 9. The van der Waals surface area contributed by atoms with Gasteiger partial charge in [-0.15, -0.1) is 0 Å². The molecule has 5 rings (SSSR count). The Morgan fingerprint density at radius 2 is 1.72 bits per heavy atom. The third-order valence-electron chi connectivity index (χ3n) is 8.29. The smallest absolute Gasteiger partial charge is 0.411 e. The van der Waals surface area contributed by atoms with E-state index in [0.29, 0.717) is 25.8 Å². The molecule has 0 bridgehead atoms. The zero-order chi connectivity index (χ0) is 27.8. The van der Waals surface area contributed by atoms with Crippen LogP contribution in [0.15, 0.2) is 72.8 Å². The molecule has 1 amide bonds. The largest absolute Gasteiger partial charge is 0.438 e. The van der Waals surface area contributed by atoms with Crippen molar-refractivity contribution in [3.63, 3.8) is 0 Å². The highest BCUT2D eigenvalue weighted by molar-refractivity contribution is 5.92. The Labute approximate surface area is 231 Å². The van der Waals surface area contributed by atoms with E-state index in [1.807, 2.05) is 86.6 Å². The highest BCUT2D eigenvalue weighted by Gasteiger charge is 2.51. The molecule has 204 valence electrons. The number of ether oxygens (including phenoxy) is 1. The first-order valence-corrected chi connectivity index (χ1v) is 14.0. The van der Waals surface area contributed by atoms with E-state index in [9.17, 15) is 14.7 Å². The average molecular weight is 527 g/mol. The number of cyclic esters (lactones) is 1. The minimum atomic E-state index is -0.992. The van der Waals surface area contributed by atoms with Crippen molar-refractivity contribution < 1.29 is 19.4 Å². The lowest BCUT2D eigenvalue weighted by Crippen LogP contribution is -2.51. The monoisotopic (exact) mass is 526 g/mol. The van der Waals surface area contributed by atoms with Crippen LogP contribution in [-0.4, -0.2) is 39.0 Å². The van der Waals surface area contributed by atoms with E-state index in [0.717, 1.165) is 40.9 Å². The maximum atomic E-state index is 13.4. The maximum absolute atomic E-state index is 13.4. The van der Waals surface area contributed by atoms with Gasteiger partial charge in [0.15, 0.2) is 0 Å². The summed E-state index contributed by atoms with van der Waals surface area (Å²) < 4.78 is 6.15. The number of aromatic nitrogens is 1. The molecule has 1 N–H and O–H groups in total. The van der Waals surface area contributed by atoms with Gasteiger partial charge in [0.25, 0.3) is 0 Å². The Morgan fingerprint density at radius 3 is 2.31 bits per heavy atom. The van der Waals surface area contributed by atoms with Gasteiger partial charge in [-0.25, -0.2) is 4.79 Å². The SMILES string of the molecule is CCC(=O)C1(c2cccc(-c3ccc([C@H](C)N4CC[C@](CC(C)(C)O)(c5ccccc5)OC4=O)cc3)n2)CC1. The minimum absolute atomic E-state index is 0.182. The lowest BCUT2D eigenvalue weighted by molar-refractivity contribution is -0.121. The fourth-order valence-corrected chi connectivity index (χ4v) is 6.01. The molecule has 0 spiro atoms. The number of Topliss-reactive ketones (excluding diaryl/α,β-unsaturated/α-hetero) is 1. The first-order chi connectivity index (χ1) is 18.6. The van der Waals surface area contributed by atoms with Crippen molar-refractivity contribution in [2.24, 2.45) is 0 Å². The summed E-state index contributed by atoms with van der Waals surface area (Å²) >= 11 is 0. The predicted molar refractivity (Wildman–Crippen MR) is 151 cm³/mol. The van der Waals surface area contributed by atoms with Crippen molar-refractivity contribution in [1.82, 2.24) is 9.88 Å². The van der Waals surface area contributed by atoms with Gasteiger partial charge in [-0.1, -0.05) is 67.6 Å². The Balaban J connectivity index is 1.33. The van der Waals surface area contributed by atoms with Crippen LogP contribution >= 0.6 is 0 Å². The summed E-state index contributed by atoms with van der Waals surface area (Å²) in [6.07, 6.45) is 2.81. The molecular formula is C33H38N2O4. The molecule has 2 aliphatic rings. The molecule has 0 radical (unpaired) electrons. The van der Waals surface area contributed by atoms with Gasteiger partial charge >= 0.3 is 6.09 Å². The van der Waals surface area contributed by atoms with Crippen LogP contribution < -0.4 is 0 Å². The number of hydrogen-bond acceptors (Lipinski definition) is 5. The van der Waals surface area contributed by atoms with Gasteiger partial charge in [-0.05, 0) is 56.9 Å². The average Bonchev–Trinajstić information content (AvgIpc) is 3.74.